The number of carbonyl (C=O) groups is 3. The second-order valence-corrected chi connectivity index (χ2v) is 5.29. The molecule has 0 bridgehead atoms. The lowest BCUT2D eigenvalue weighted by Gasteiger charge is -2.18. The summed E-state index contributed by atoms with van der Waals surface area (Å²) in [4.78, 5) is 34.2. The highest BCUT2D eigenvalue weighted by Crippen LogP contribution is 2.01. The van der Waals surface area contributed by atoms with Crippen LogP contribution in [-0.2, 0) is 9.59 Å². The van der Waals surface area contributed by atoms with Crippen molar-refractivity contribution in [2.75, 3.05) is 18.6 Å². The molecule has 8 heteroatoms. The summed E-state index contributed by atoms with van der Waals surface area (Å²) >= 11 is 1.50. The minimum atomic E-state index is -1.09. The van der Waals surface area contributed by atoms with Crippen LogP contribution in [0.15, 0.2) is 0 Å². The Balaban J connectivity index is 4.23. The second kappa shape index (κ2) is 10.4. The van der Waals surface area contributed by atoms with Crippen molar-refractivity contribution in [2.24, 2.45) is 0 Å². The number of urea groups is 1. The Morgan fingerprint density at radius 2 is 1.90 bits per heavy atom. The van der Waals surface area contributed by atoms with Crippen LogP contribution in [-0.4, -0.2) is 53.7 Å². The molecule has 0 aliphatic rings. The number of hydrogen-bond acceptors (Lipinski definition) is 4. The molecule has 4 N–H and O–H groups in total. The van der Waals surface area contributed by atoms with Crippen LogP contribution in [0.3, 0.4) is 0 Å². The number of amides is 3. The fourth-order valence-electron chi connectivity index (χ4n) is 1.36. The van der Waals surface area contributed by atoms with E-state index in [2.05, 4.69) is 16.0 Å². The summed E-state index contributed by atoms with van der Waals surface area (Å²) in [6.45, 7) is 4.01. The van der Waals surface area contributed by atoms with Gasteiger partial charge in [-0.2, -0.15) is 11.8 Å². The third-order valence-corrected chi connectivity index (χ3v) is 3.15. The SMILES string of the molecule is CCCNC(=O)C(C)NC(=O)N[C@H](CCSC)C(=O)O. The third kappa shape index (κ3) is 7.88. The average molecular weight is 305 g/mol. The monoisotopic (exact) mass is 305 g/mol. The van der Waals surface area contributed by atoms with E-state index in [1.54, 1.807) is 6.92 Å². The van der Waals surface area contributed by atoms with Gasteiger partial charge in [0.05, 0.1) is 0 Å². The first-order chi connectivity index (χ1) is 9.42. The highest BCUT2D eigenvalue weighted by molar-refractivity contribution is 7.98. The van der Waals surface area contributed by atoms with Crippen LogP contribution in [0.2, 0.25) is 0 Å². The molecule has 3 amide bonds. The summed E-state index contributed by atoms with van der Waals surface area (Å²) in [5.41, 5.74) is 0. The van der Waals surface area contributed by atoms with Crippen LogP contribution >= 0.6 is 11.8 Å². The molecule has 2 atom stereocenters. The van der Waals surface area contributed by atoms with Gasteiger partial charge in [-0.05, 0) is 31.8 Å². The molecule has 0 saturated heterocycles. The first-order valence-electron chi connectivity index (χ1n) is 6.48. The molecule has 0 aromatic carbocycles. The number of rotatable bonds is 9. The van der Waals surface area contributed by atoms with E-state index in [0.717, 1.165) is 6.42 Å². The maximum atomic E-state index is 11.6. The van der Waals surface area contributed by atoms with E-state index in [1.165, 1.54) is 11.8 Å². The zero-order valence-corrected chi connectivity index (χ0v) is 12.9. The van der Waals surface area contributed by atoms with Crippen LogP contribution < -0.4 is 16.0 Å². The van der Waals surface area contributed by atoms with Crippen LogP contribution in [0.1, 0.15) is 26.7 Å². The van der Waals surface area contributed by atoms with Crippen molar-refractivity contribution in [2.45, 2.75) is 38.8 Å². The number of carboxylic acid groups (broad SMARTS) is 1. The summed E-state index contributed by atoms with van der Waals surface area (Å²) in [5, 5.41) is 16.4. The Labute approximate surface area is 123 Å². The largest absolute Gasteiger partial charge is 0.480 e. The maximum absolute atomic E-state index is 11.6. The quantitative estimate of drug-likeness (QED) is 0.493. The molecule has 0 aliphatic carbocycles. The van der Waals surface area contributed by atoms with Gasteiger partial charge in [0.2, 0.25) is 5.91 Å². The van der Waals surface area contributed by atoms with E-state index >= 15 is 0 Å². The number of carboxylic acids is 1. The molecule has 0 spiro atoms. The zero-order chi connectivity index (χ0) is 15.5. The van der Waals surface area contributed by atoms with Crippen molar-refractivity contribution < 1.29 is 19.5 Å². The summed E-state index contributed by atoms with van der Waals surface area (Å²) < 4.78 is 0. The van der Waals surface area contributed by atoms with E-state index in [-0.39, 0.29) is 5.91 Å². The number of aliphatic carboxylic acids is 1. The van der Waals surface area contributed by atoms with Gasteiger partial charge in [-0.3, -0.25) is 4.79 Å². The number of hydrogen-bond donors (Lipinski definition) is 4. The summed E-state index contributed by atoms with van der Waals surface area (Å²) in [6.07, 6.45) is 3.00. The van der Waals surface area contributed by atoms with Crippen molar-refractivity contribution in [3.63, 3.8) is 0 Å². The Morgan fingerprint density at radius 1 is 1.25 bits per heavy atom. The second-order valence-electron chi connectivity index (χ2n) is 4.30. The fraction of sp³-hybridized carbons (Fsp3) is 0.750. The Morgan fingerprint density at radius 3 is 2.40 bits per heavy atom. The van der Waals surface area contributed by atoms with Crippen molar-refractivity contribution in [3.05, 3.63) is 0 Å². The van der Waals surface area contributed by atoms with Gasteiger partial charge in [-0.1, -0.05) is 6.92 Å². The van der Waals surface area contributed by atoms with Gasteiger partial charge in [0.15, 0.2) is 0 Å². The molecule has 20 heavy (non-hydrogen) atoms. The van der Waals surface area contributed by atoms with Crippen LogP contribution in [0.25, 0.3) is 0 Å². The van der Waals surface area contributed by atoms with Gasteiger partial charge in [-0.25, -0.2) is 9.59 Å². The molecule has 1 unspecified atom stereocenters. The first-order valence-corrected chi connectivity index (χ1v) is 7.88. The topological polar surface area (TPSA) is 108 Å². The summed E-state index contributed by atoms with van der Waals surface area (Å²) in [7, 11) is 0. The zero-order valence-electron chi connectivity index (χ0n) is 12.1. The molecule has 0 heterocycles. The van der Waals surface area contributed by atoms with E-state index in [1.807, 2.05) is 13.2 Å². The Bertz CT molecular complexity index is 339. The van der Waals surface area contributed by atoms with E-state index < -0.39 is 24.1 Å². The Kier molecular flexibility index (Phi) is 9.61. The molecule has 0 aromatic rings. The fourth-order valence-corrected chi connectivity index (χ4v) is 1.83. The minimum Gasteiger partial charge on any atom is -0.480 e. The van der Waals surface area contributed by atoms with Gasteiger partial charge < -0.3 is 21.1 Å². The molecule has 0 fully saturated rings. The van der Waals surface area contributed by atoms with Crippen LogP contribution in [0.5, 0.6) is 0 Å². The van der Waals surface area contributed by atoms with Gasteiger partial charge in [-0.15, -0.1) is 0 Å². The van der Waals surface area contributed by atoms with E-state index in [0.29, 0.717) is 18.7 Å². The minimum absolute atomic E-state index is 0.294. The molecule has 0 aliphatic heterocycles. The van der Waals surface area contributed by atoms with Crippen molar-refractivity contribution in [1.82, 2.24) is 16.0 Å². The lowest BCUT2D eigenvalue weighted by Crippen LogP contribution is -2.52. The average Bonchev–Trinajstić information content (AvgIpc) is 2.40. The highest BCUT2D eigenvalue weighted by Gasteiger charge is 2.21. The maximum Gasteiger partial charge on any atom is 0.326 e. The molecule has 0 aromatic heterocycles. The van der Waals surface area contributed by atoms with Crippen molar-refractivity contribution >= 4 is 29.7 Å². The lowest BCUT2D eigenvalue weighted by atomic mass is 10.2. The number of nitrogens with one attached hydrogen (secondary N) is 3. The van der Waals surface area contributed by atoms with Gasteiger partial charge in [0.1, 0.15) is 12.1 Å². The van der Waals surface area contributed by atoms with Gasteiger partial charge >= 0.3 is 12.0 Å². The number of thioether (sulfide) groups is 1. The predicted octanol–water partition coefficient (Wildman–Crippen LogP) is 0.407. The van der Waals surface area contributed by atoms with Crippen molar-refractivity contribution in [3.8, 4) is 0 Å². The third-order valence-electron chi connectivity index (χ3n) is 2.50. The molecular weight excluding hydrogens is 282 g/mol. The van der Waals surface area contributed by atoms with E-state index in [4.69, 9.17) is 5.11 Å². The molecular formula is C12H23N3O4S. The number of carbonyl (C=O) groups excluding carboxylic acids is 2. The highest BCUT2D eigenvalue weighted by atomic mass is 32.2. The molecule has 0 radical (unpaired) electrons. The normalized spacial score (nSPS) is 13.2. The molecule has 7 nitrogen and oxygen atoms in total. The molecule has 0 rings (SSSR count). The Hall–Kier alpha value is -1.44. The summed E-state index contributed by atoms with van der Waals surface area (Å²) in [6, 6.07) is -2.32. The standard InChI is InChI=1S/C12H23N3O4S/c1-4-6-13-10(16)8(2)14-12(19)15-9(11(17)18)5-7-20-3/h8-9H,4-7H2,1-3H3,(H,13,16)(H,17,18)(H2,14,15,19)/t8?,9-/m1/s1. The lowest BCUT2D eigenvalue weighted by molar-refractivity contribution is -0.139. The molecule has 0 saturated carbocycles. The van der Waals surface area contributed by atoms with Crippen LogP contribution in [0, 0.1) is 0 Å². The predicted molar refractivity (Wildman–Crippen MR) is 78.9 cm³/mol. The van der Waals surface area contributed by atoms with Gasteiger partial charge in [0.25, 0.3) is 0 Å². The smallest absolute Gasteiger partial charge is 0.326 e. The summed E-state index contributed by atoms with van der Waals surface area (Å²) in [5.74, 6) is -0.751. The molecule has 116 valence electrons. The van der Waals surface area contributed by atoms with Gasteiger partial charge in [0, 0.05) is 6.54 Å². The van der Waals surface area contributed by atoms with Crippen LogP contribution in [0.4, 0.5) is 4.79 Å². The first kappa shape index (κ1) is 18.6. The van der Waals surface area contributed by atoms with Crippen molar-refractivity contribution in [1.29, 1.82) is 0 Å². The van der Waals surface area contributed by atoms with E-state index in [9.17, 15) is 14.4 Å².